The summed E-state index contributed by atoms with van der Waals surface area (Å²) in [4.78, 5) is 0. The van der Waals surface area contributed by atoms with Crippen LogP contribution in [0.4, 0.5) is 5.69 Å². The Balaban J connectivity index is 2.88. The summed E-state index contributed by atoms with van der Waals surface area (Å²) in [5.74, 6) is 0. The van der Waals surface area contributed by atoms with Gasteiger partial charge in [-0.05, 0) is 43.5 Å². The third-order valence-electron chi connectivity index (χ3n) is 2.35. The van der Waals surface area contributed by atoms with Gasteiger partial charge in [0.1, 0.15) is 0 Å². The number of nitrogens with one attached hydrogen (secondary N) is 1. The molecule has 0 aromatic heterocycles. The summed E-state index contributed by atoms with van der Waals surface area (Å²) >= 11 is 0. The molecule has 0 radical (unpaired) electrons. The van der Waals surface area contributed by atoms with E-state index in [1.807, 2.05) is 12.1 Å². The molecule has 0 spiro atoms. The predicted octanol–water partition coefficient (Wildman–Crippen LogP) is 2.95. The van der Waals surface area contributed by atoms with E-state index >= 15 is 0 Å². The molecule has 0 atom stereocenters. The van der Waals surface area contributed by atoms with Crippen LogP contribution in [0.3, 0.4) is 0 Å². The first-order valence-electron chi connectivity index (χ1n) is 5.66. The van der Waals surface area contributed by atoms with Crippen LogP contribution in [0.2, 0.25) is 0 Å². The van der Waals surface area contributed by atoms with Crippen LogP contribution in [-0.2, 0) is 13.0 Å². The van der Waals surface area contributed by atoms with Crippen LogP contribution in [0, 0.1) is 0 Å². The van der Waals surface area contributed by atoms with Gasteiger partial charge < -0.3 is 10.4 Å². The van der Waals surface area contributed by atoms with E-state index in [1.165, 1.54) is 5.56 Å². The van der Waals surface area contributed by atoms with E-state index in [4.69, 9.17) is 0 Å². The molecule has 1 aromatic rings. The molecule has 0 aliphatic rings. The van der Waals surface area contributed by atoms with Crippen molar-refractivity contribution in [1.82, 2.24) is 0 Å². The van der Waals surface area contributed by atoms with E-state index in [1.54, 1.807) is 0 Å². The summed E-state index contributed by atoms with van der Waals surface area (Å²) in [5.41, 5.74) is 3.45. The fraction of sp³-hybridized carbons (Fsp3) is 0.538. The number of aryl methyl sites for hydroxylation is 1. The standard InChI is InChI=1S/C13H21NO/c1-4-5-11-8-13(14-10(2)3)7-6-12(11)9-15/h6-8,10,14-15H,4-5,9H2,1-3H3. The second-order valence-electron chi connectivity index (χ2n) is 4.19. The maximum absolute atomic E-state index is 9.20. The maximum atomic E-state index is 9.20. The zero-order chi connectivity index (χ0) is 11.3. The Morgan fingerprint density at radius 3 is 2.53 bits per heavy atom. The van der Waals surface area contributed by atoms with Crippen molar-refractivity contribution in [2.75, 3.05) is 5.32 Å². The number of anilines is 1. The first-order chi connectivity index (χ1) is 7.17. The van der Waals surface area contributed by atoms with Gasteiger partial charge in [0.05, 0.1) is 6.61 Å². The van der Waals surface area contributed by atoms with Crippen LogP contribution in [-0.4, -0.2) is 11.1 Å². The van der Waals surface area contributed by atoms with E-state index < -0.39 is 0 Å². The van der Waals surface area contributed by atoms with Gasteiger partial charge in [-0.2, -0.15) is 0 Å². The molecule has 84 valence electrons. The van der Waals surface area contributed by atoms with Crippen LogP contribution >= 0.6 is 0 Å². The Morgan fingerprint density at radius 1 is 1.27 bits per heavy atom. The number of benzene rings is 1. The molecule has 0 amide bonds. The van der Waals surface area contributed by atoms with Gasteiger partial charge in [0, 0.05) is 11.7 Å². The predicted molar refractivity (Wildman–Crippen MR) is 65.1 cm³/mol. The highest BCUT2D eigenvalue weighted by Crippen LogP contribution is 2.18. The maximum Gasteiger partial charge on any atom is 0.0684 e. The van der Waals surface area contributed by atoms with Gasteiger partial charge in [0.2, 0.25) is 0 Å². The molecule has 15 heavy (non-hydrogen) atoms. The number of rotatable bonds is 5. The lowest BCUT2D eigenvalue weighted by Gasteiger charge is -2.13. The summed E-state index contributed by atoms with van der Waals surface area (Å²) in [5, 5.41) is 12.6. The van der Waals surface area contributed by atoms with E-state index in [0.717, 1.165) is 24.1 Å². The first-order valence-corrected chi connectivity index (χ1v) is 5.66. The molecule has 0 fully saturated rings. The molecule has 0 aliphatic heterocycles. The molecule has 0 bridgehead atoms. The summed E-state index contributed by atoms with van der Waals surface area (Å²) in [7, 11) is 0. The number of aliphatic hydroxyl groups excluding tert-OH is 1. The van der Waals surface area contributed by atoms with Gasteiger partial charge in [-0.15, -0.1) is 0 Å². The third-order valence-corrected chi connectivity index (χ3v) is 2.35. The van der Waals surface area contributed by atoms with Crippen LogP contribution in [0.25, 0.3) is 0 Å². The normalized spacial score (nSPS) is 10.7. The number of hydrogen-bond acceptors (Lipinski definition) is 2. The van der Waals surface area contributed by atoms with Crippen molar-refractivity contribution in [3.63, 3.8) is 0 Å². The number of aliphatic hydroxyl groups is 1. The lowest BCUT2D eigenvalue weighted by Crippen LogP contribution is -2.10. The van der Waals surface area contributed by atoms with Crippen LogP contribution in [0.15, 0.2) is 18.2 Å². The minimum Gasteiger partial charge on any atom is -0.392 e. The van der Waals surface area contributed by atoms with Gasteiger partial charge >= 0.3 is 0 Å². The fourth-order valence-corrected chi connectivity index (χ4v) is 1.71. The first kappa shape index (κ1) is 12.1. The summed E-state index contributed by atoms with van der Waals surface area (Å²) in [6.45, 7) is 6.54. The van der Waals surface area contributed by atoms with Gasteiger partial charge in [0.15, 0.2) is 0 Å². The molecule has 0 saturated carbocycles. The fourth-order valence-electron chi connectivity index (χ4n) is 1.71. The Hall–Kier alpha value is -1.02. The lowest BCUT2D eigenvalue weighted by molar-refractivity contribution is 0.280. The molecule has 2 heteroatoms. The average Bonchev–Trinajstić information content (AvgIpc) is 2.18. The zero-order valence-corrected chi connectivity index (χ0v) is 9.88. The SMILES string of the molecule is CCCc1cc(NC(C)C)ccc1CO. The molecule has 2 N–H and O–H groups in total. The second-order valence-corrected chi connectivity index (χ2v) is 4.19. The van der Waals surface area contributed by atoms with Crippen molar-refractivity contribution >= 4 is 5.69 Å². The number of hydrogen-bond donors (Lipinski definition) is 2. The van der Waals surface area contributed by atoms with Gasteiger partial charge in [-0.25, -0.2) is 0 Å². The molecule has 0 saturated heterocycles. The highest BCUT2D eigenvalue weighted by molar-refractivity contribution is 5.49. The minimum absolute atomic E-state index is 0.136. The minimum atomic E-state index is 0.136. The Labute approximate surface area is 92.3 Å². The lowest BCUT2D eigenvalue weighted by atomic mass is 10.0. The van der Waals surface area contributed by atoms with E-state index in [0.29, 0.717) is 6.04 Å². The summed E-state index contributed by atoms with van der Waals surface area (Å²) < 4.78 is 0. The Kier molecular flexibility index (Phi) is 4.63. The van der Waals surface area contributed by atoms with Gasteiger partial charge in [-0.3, -0.25) is 0 Å². The largest absolute Gasteiger partial charge is 0.392 e. The van der Waals surface area contributed by atoms with Crippen molar-refractivity contribution < 1.29 is 5.11 Å². The highest BCUT2D eigenvalue weighted by atomic mass is 16.3. The smallest absolute Gasteiger partial charge is 0.0684 e. The van der Waals surface area contributed by atoms with E-state index in [9.17, 15) is 5.11 Å². The molecule has 0 heterocycles. The Bertz CT molecular complexity index is 307. The van der Waals surface area contributed by atoms with Crippen molar-refractivity contribution in [2.45, 2.75) is 46.3 Å². The van der Waals surface area contributed by atoms with Crippen LogP contribution < -0.4 is 5.32 Å². The summed E-state index contributed by atoms with van der Waals surface area (Å²) in [6.07, 6.45) is 2.14. The molecule has 1 rings (SSSR count). The average molecular weight is 207 g/mol. The van der Waals surface area contributed by atoms with Crippen molar-refractivity contribution in [3.05, 3.63) is 29.3 Å². The monoisotopic (exact) mass is 207 g/mol. The molecule has 2 nitrogen and oxygen atoms in total. The second kappa shape index (κ2) is 5.76. The van der Waals surface area contributed by atoms with Crippen molar-refractivity contribution in [2.24, 2.45) is 0 Å². The van der Waals surface area contributed by atoms with E-state index in [2.05, 4.69) is 32.2 Å². The third kappa shape index (κ3) is 3.56. The molecular formula is C13H21NO. The van der Waals surface area contributed by atoms with Crippen LogP contribution in [0.1, 0.15) is 38.3 Å². The van der Waals surface area contributed by atoms with Crippen molar-refractivity contribution in [3.8, 4) is 0 Å². The van der Waals surface area contributed by atoms with Gasteiger partial charge in [0.25, 0.3) is 0 Å². The topological polar surface area (TPSA) is 32.3 Å². The molecular weight excluding hydrogens is 186 g/mol. The molecule has 1 aromatic carbocycles. The molecule has 0 unspecified atom stereocenters. The Morgan fingerprint density at radius 2 is 2.00 bits per heavy atom. The zero-order valence-electron chi connectivity index (χ0n) is 9.88. The van der Waals surface area contributed by atoms with Crippen molar-refractivity contribution in [1.29, 1.82) is 0 Å². The summed E-state index contributed by atoms with van der Waals surface area (Å²) in [6, 6.07) is 6.63. The van der Waals surface area contributed by atoms with Gasteiger partial charge in [-0.1, -0.05) is 19.4 Å². The van der Waals surface area contributed by atoms with Crippen LogP contribution in [0.5, 0.6) is 0 Å². The molecule has 0 aliphatic carbocycles. The highest BCUT2D eigenvalue weighted by Gasteiger charge is 2.03. The quantitative estimate of drug-likeness (QED) is 0.778. The van der Waals surface area contributed by atoms with E-state index in [-0.39, 0.29) is 6.61 Å².